The van der Waals surface area contributed by atoms with Gasteiger partial charge in [-0.1, -0.05) is 42.8 Å². The van der Waals surface area contributed by atoms with Crippen LogP contribution in [0.15, 0.2) is 71.1 Å². The zero-order valence-electron chi connectivity index (χ0n) is 20.5. The summed E-state index contributed by atoms with van der Waals surface area (Å²) >= 11 is 0. The van der Waals surface area contributed by atoms with Crippen molar-refractivity contribution in [3.63, 3.8) is 0 Å². The van der Waals surface area contributed by atoms with Crippen molar-refractivity contribution in [1.29, 1.82) is 0 Å². The lowest BCUT2D eigenvalue weighted by molar-refractivity contribution is -0.146. The summed E-state index contributed by atoms with van der Waals surface area (Å²) in [6.07, 6.45) is 6.19. The number of ketones is 1. The quantitative estimate of drug-likeness (QED) is 0.564. The molecule has 2 aromatic rings. The number of carbonyl (C=O) groups excluding carboxylic acids is 2. The van der Waals surface area contributed by atoms with Crippen molar-refractivity contribution in [3.05, 3.63) is 82.2 Å². The number of ether oxygens (including phenoxy) is 3. The zero-order chi connectivity index (χ0) is 24.6. The molecule has 2 aromatic carbocycles. The predicted molar refractivity (Wildman–Crippen MR) is 135 cm³/mol. The largest absolute Gasteiger partial charge is 0.459 e. The molecule has 1 N–H and O–H groups in total. The fourth-order valence-electron chi connectivity index (χ4n) is 6.09. The molecule has 6 heteroatoms. The Labute approximate surface area is 211 Å². The Balaban J connectivity index is 1.39. The minimum atomic E-state index is -0.504. The molecule has 186 valence electrons. The van der Waals surface area contributed by atoms with Crippen LogP contribution in [-0.2, 0) is 14.3 Å². The fourth-order valence-corrected chi connectivity index (χ4v) is 6.09. The number of hydrogen-bond donors (Lipinski definition) is 1. The van der Waals surface area contributed by atoms with Crippen LogP contribution >= 0.6 is 0 Å². The lowest BCUT2D eigenvalue weighted by Gasteiger charge is -2.37. The van der Waals surface area contributed by atoms with Crippen LogP contribution in [0, 0.1) is 0 Å². The normalized spacial score (nSPS) is 23.9. The number of hydrogen-bond acceptors (Lipinski definition) is 6. The molecule has 0 amide bonds. The van der Waals surface area contributed by atoms with Gasteiger partial charge in [-0.3, -0.25) is 4.79 Å². The van der Waals surface area contributed by atoms with E-state index in [-0.39, 0.29) is 30.6 Å². The second kappa shape index (κ2) is 9.49. The van der Waals surface area contributed by atoms with Crippen molar-refractivity contribution < 1.29 is 23.8 Å². The molecule has 4 aliphatic rings. The van der Waals surface area contributed by atoms with Gasteiger partial charge in [-0.05, 0) is 68.2 Å². The molecule has 0 saturated heterocycles. The SMILES string of the molecule is CC1=C(C(=O)OC2CCCCC2)[C@@H](c2ccc3c(c2)OCO3)C2=C(C[C@H](c3ccccc3)CC2=O)N1. The van der Waals surface area contributed by atoms with E-state index >= 15 is 0 Å². The van der Waals surface area contributed by atoms with Crippen LogP contribution in [0.2, 0.25) is 0 Å². The van der Waals surface area contributed by atoms with E-state index in [9.17, 15) is 9.59 Å². The fraction of sp³-hybridized carbons (Fsp3) is 0.400. The highest BCUT2D eigenvalue weighted by Gasteiger charge is 2.42. The highest BCUT2D eigenvalue weighted by molar-refractivity contribution is 6.04. The molecule has 2 aliphatic carbocycles. The summed E-state index contributed by atoms with van der Waals surface area (Å²) < 4.78 is 17.2. The van der Waals surface area contributed by atoms with Crippen LogP contribution in [0.3, 0.4) is 0 Å². The van der Waals surface area contributed by atoms with Gasteiger partial charge in [-0.25, -0.2) is 4.79 Å². The van der Waals surface area contributed by atoms with Crippen LogP contribution in [-0.4, -0.2) is 24.6 Å². The second-order valence-corrected chi connectivity index (χ2v) is 10.2. The van der Waals surface area contributed by atoms with Crippen LogP contribution in [0.4, 0.5) is 0 Å². The maximum Gasteiger partial charge on any atom is 0.337 e. The zero-order valence-corrected chi connectivity index (χ0v) is 20.5. The third-order valence-corrected chi connectivity index (χ3v) is 7.87. The number of benzene rings is 2. The first-order valence-corrected chi connectivity index (χ1v) is 13.0. The van der Waals surface area contributed by atoms with Gasteiger partial charge in [0.15, 0.2) is 17.3 Å². The number of esters is 1. The molecule has 2 aliphatic heterocycles. The van der Waals surface area contributed by atoms with Crippen LogP contribution in [0.5, 0.6) is 11.5 Å². The summed E-state index contributed by atoms with van der Waals surface area (Å²) in [6.45, 7) is 2.08. The van der Waals surface area contributed by atoms with E-state index in [1.54, 1.807) is 0 Å². The summed E-state index contributed by atoms with van der Waals surface area (Å²) in [4.78, 5) is 27.4. The van der Waals surface area contributed by atoms with E-state index in [0.717, 1.165) is 48.2 Å². The predicted octanol–water partition coefficient (Wildman–Crippen LogP) is 5.65. The average Bonchev–Trinajstić information content (AvgIpc) is 3.37. The molecule has 6 nitrogen and oxygen atoms in total. The van der Waals surface area contributed by atoms with Crippen molar-refractivity contribution in [2.24, 2.45) is 0 Å². The third-order valence-electron chi connectivity index (χ3n) is 7.87. The highest BCUT2D eigenvalue weighted by Crippen LogP contribution is 2.47. The number of allylic oxidation sites excluding steroid dienone is 3. The standard InChI is InChI=1S/C30H31NO5/c1-18-27(30(33)36-22-10-6-3-7-11-22)28(20-12-13-25-26(16-20)35-17-34-25)29-23(31-18)14-21(15-24(29)32)19-8-4-2-5-9-19/h2,4-5,8-9,12-13,16,21-22,28,31H,3,6-7,10-11,14-15,17H2,1H3/t21-,28+/m0/s1. The number of fused-ring (bicyclic) bond motifs is 1. The van der Waals surface area contributed by atoms with Gasteiger partial charge in [0.25, 0.3) is 0 Å². The first-order valence-electron chi connectivity index (χ1n) is 13.0. The first-order chi connectivity index (χ1) is 17.6. The van der Waals surface area contributed by atoms with Crippen LogP contribution < -0.4 is 14.8 Å². The summed E-state index contributed by atoms with van der Waals surface area (Å²) in [6, 6.07) is 15.9. The van der Waals surface area contributed by atoms with Crippen molar-refractivity contribution >= 4 is 11.8 Å². The number of dihydropyridines is 1. The molecule has 2 heterocycles. The molecule has 0 bridgehead atoms. The summed E-state index contributed by atoms with van der Waals surface area (Å²) in [7, 11) is 0. The highest BCUT2D eigenvalue weighted by atomic mass is 16.7. The van der Waals surface area contributed by atoms with E-state index < -0.39 is 5.92 Å². The van der Waals surface area contributed by atoms with Gasteiger partial charge < -0.3 is 19.5 Å². The molecule has 6 rings (SSSR count). The molecule has 0 radical (unpaired) electrons. The van der Waals surface area contributed by atoms with Gasteiger partial charge in [0, 0.05) is 29.3 Å². The van der Waals surface area contributed by atoms with E-state index in [2.05, 4.69) is 17.4 Å². The van der Waals surface area contributed by atoms with Gasteiger partial charge in [-0.15, -0.1) is 0 Å². The molecule has 36 heavy (non-hydrogen) atoms. The monoisotopic (exact) mass is 485 g/mol. The number of nitrogens with one attached hydrogen (secondary N) is 1. The smallest absolute Gasteiger partial charge is 0.337 e. The molecule has 1 saturated carbocycles. The Morgan fingerprint density at radius 3 is 2.53 bits per heavy atom. The Kier molecular flexibility index (Phi) is 6.04. The van der Waals surface area contributed by atoms with Crippen molar-refractivity contribution in [3.8, 4) is 11.5 Å². The molecule has 0 aromatic heterocycles. The summed E-state index contributed by atoms with van der Waals surface area (Å²) in [5, 5.41) is 3.45. The lowest BCUT2D eigenvalue weighted by Crippen LogP contribution is -2.37. The van der Waals surface area contributed by atoms with Crippen molar-refractivity contribution in [2.45, 2.75) is 69.8 Å². The maximum absolute atomic E-state index is 13.8. The Morgan fingerprint density at radius 2 is 1.72 bits per heavy atom. The molecule has 0 unspecified atom stereocenters. The minimum Gasteiger partial charge on any atom is -0.459 e. The van der Waals surface area contributed by atoms with Crippen LogP contribution in [0.1, 0.15) is 74.8 Å². The van der Waals surface area contributed by atoms with Gasteiger partial charge in [0.05, 0.1) is 5.57 Å². The molecular weight excluding hydrogens is 454 g/mol. The van der Waals surface area contributed by atoms with Crippen molar-refractivity contribution in [1.82, 2.24) is 5.32 Å². The molecule has 1 fully saturated rings. The van der Waals surface area contributed by atoms with Gasteiger partial charge in [0.2, 0.25) is 6.79 Å². The third kappa shape index (κ3) is 4.19. The van der Waals surface area contributed by atoms with Gasteiger partial charge >= 0.3 is 5.97 Å². The number of Topliss-reactive ketones (excluding diaryl/α,β-unsaturated/α-hetero) is 1. The van der Waals surface area contributed by atoms with E-state index in [1.807, 2.05) is 43.3 Å². The lowest BCUT2D eigenvalue weighted by atomic mass is 9.71. The van der Waals surface area contributed by atoms with Crippen LogP contribution in [0.25, 0.3) is 0 Å². The molecular formula is C30H31NO5. The summed E-state index contributed by atoms with van der Waals surface area (Å²) in [5.41, 5.74) is 4.83. The maximum atomic E-state index is 13.8. The summed E-state index contributed by atoms with van der Waals surface area (Å²) in [5.74, 6) is 0.640. The Morgan fingerprint density at radius 1 is 0.944 bits per heavy atom. The van der Waals surface area contributed by atoms with E-state index in [4.69, 9.17) is 14.2 Å². The Hall–Kier alpha value is -3.54. The first kappa shape index (κ1) is 22.9. The van der Waals surface area contributed by atoms with E-state index in [1.165, 1.54) is 6.42 Å². The number of rotatable bonds is 4. The average molecular weight is 486 g/mol. The molecule has 2 atom stereocenters. The number of carbonyl (C=O) groups is 2. The second-order valence-electron chi connectivity index (χ2n) is 10.2. The van der Waals surface area contributed by atoms with E-state index in [0.29, 0.717) is 35.5 Å². The topological polar surface area (TPSA) is 73.9 Å². The Bertz CT molecular complexity index is 1260. The minimum absolute atomic E-state index is 0.0655. The molecule has 0 spiro atoms. The van der Waals surface area contributed by atoms with Gasteiger partial charge in [0.1, 0.15) is 6.10 Å². The van der Waals surface area contributed by atoms with Gasteiger partial charge in [-0.2, -0.15) is 0 Å². The van der Waals surface area contributed by atoms with Crippen molar-refractivity contribution in [2.75, 3.05) is 6.79 Å².